The van der Waals surface area contributed by atoms with Crippen molar-refractivity contribution in [2.24, 2.45) is 5.73 Å². The first-order valence-electron chi connectivity index (χ1n) is 8.19. The molecule has 0 bridgehead atoms. The van der Waals surface area contributed by atoms with Crippen LogP contribution in [0.3, 0.4) is 0 Å². The van der Waals surface area contributed by atoms with Crippen molar-refractivity contribution in [3.63, 3.8) is 0 Å². The molecule has 0 aliphatic heterocycles. The van der Waals surface area contributed by atoms with Gasteiger partial charge >= 0.3 is 0 Å². The molecule has 24 heavy (non-hydrogen) atoms. The van der Waals surface area contributed by atoms with Crippen LogP contribution in [0, 0.1) is 0 Å². The van der Waals surface area contributed by atoms with Crippen molar-refractivity contribution in [2.45, 2.75) is 56.5 Å². The van der Waals surface area contributed by atoms with E-state index in [1.807, 2.05) is 0 Å². The lowest BCUT2D eigenvalue weighted by atomic mass is 9.95. The maximum atomic E-state index is 12.4. The molecule has 2 amide bonds. The average Bonchev–Trinajstić information content (AvgIpc) is 3.29. The normalized spacial score (nSPS) is 19.1. The van der Waals surface area contributed by atoms with Gasteiger partial charge in [0.1, 0.15) is 0 Å². The largest absolute Gasteiger partial charge is 0.349 e. The second kappa shape index (κ2) is 7.72. The van der Waals surface area contributed by atoms with E-state index in [2.05, 4.69) is 10.6 Å². The molecule has 7 heteroatoms. The lowest BCUT2D eigenvalue weighted by Gasteiger charge is -2.23. The summed E-state index contributed by atoms with van der Waals surface area (Å²) in [6, 6.07) is 5.14. The highest BCUT2D eigenvalue weighted by atomic mass is 35.5. The number of carbonyl (C=O) groups excluding carboxylic acids is 2. The summed E-state index contributed by atoms with van der Waals surface area (Å²) in [6.07, 6.45) is 6.93. The van der Waals surface area contributed by atoms with Gasteiger partial charge in [-0.15, -0.1) is 12.4 Å². The molecule has 0 aromatic heterocycles. The Balaban J connectivity index is 0.00000208. The van der Waals surface area contributed by atoms with Crippen LogP contribution in [0.1, 0.15) is 55.3 Å². The Morgan fingerprint density at radius 2 is 1.83 bits per heavy atom. The minimum Gasteiger partial charge on any atom is -0.349 e. The van der Waals surface area contributed by atoms with E-state index in [4.69, 9.17) is 17.3 Å². The topological polar surface area (TPSA) is 84.2 Å². The first-order valence-corrected chi connectivity index (χ1v) is 8.56. The van der Waals surface area contributed by atoms with Crippen molar-refractivity contribution in [1.29, 1.82) is 0 Å². The number of nitrogens with two attached hydrogens (primary N) is 1. The number of nitrogens with one attached hydrogen (secondary N) is 2. The molecule has 0 unspecified atom stereocenters. The number of anilines is 1. The fraction of sp³-hybridized carbons (Fsp3) is 0.529. The van der Waals surface area contributed by atoms with Gasteiger partial charge in [0.25, 0.3) is 5.91 Å². The number of rotatable bonds is 4. The van der Waals surface area contributed by atoms with Crippen molar-refractivity contribution < 1.29 is 9.59 Å². The van der Waals surface area contributed by atoms with E-state index in [0.29, 0.717) is 29.1 Å². The van der Waals surface area contributed by atoms with Gasteiger partial charge in [-0.2, -0.15) is 0 Å². The molecule has 0 heterocycles. The summed E-state index contributed by atoms with van der Waals surface area (Å²) in [6.45, 7) is 0. The predicted molar refractivity (Wildman–Crippen MR) is 97.8 cm³/mol. The molecule has 2 aliphatic rings. The van der Waals surface area contributed by atoms with E-state index < -0.39 is 5.54 Å². The number of amides is 2. The Labute approximate surface area is 153 Å². The average molecular weight is 372 g/mol. The Morgan fingerprint density at radius 3 is 2.46 bits per heavy atom. The summed E-state index contributed by atoms with van der Waals surface area (Å²) in [5.74, 6) is -0.398. The zero-order valence-corrected chi connectivity index (χ0v) is 15.0. The molecule has 2 aliphatic carbocycles. The number of benzene rings is 1. The van der Waals surface area contributed by atoms with Gasteiger partial charge in [0.05, 0.1) is 16.1 Å². The van der Waals surface area contributed by atoms with Crippen LogP contribution in [0.2, 0.25) is 5.02 Å². The van der Waals surface area contributed by atoms with Crippen LogP contribution in [0.25, 0.3) is 0 Å². The number of hydrogen-bond acceptors (Lipinski definition) is 3. The second-order valence-corrected chi connectivity index (χ2v) is 7.02. The minimum atomic E-state index is -0.746. The summed E-state index contributed by atoms with van der Waals surface area (Å²) < 4.78 is 0. The van der Waals surface area contributed by atoms with E-state index in [1.54, 1.807) is 18.2 Å². The lowest BCUT2D eigenvalue weighted by Crippen LogP contribution is -2.38. The molecule has 1 aromatic rings. The van der Waals surface area contributed by atoms with Gasteiger partial charge in [0.2, 0.25) is 5.91 Å². The van der Waals surface area contributed by atoms with Crippen LogP contribution in [-0.4, -0.2) is 23.4 Å². The van der Waals surface area contributed by atoms with Gasteiger partial charge in [-0.3, -0.25) is 9.59 Å². The van der Waals surface area contributed by atoms with Crippen LogP contribution < -0.4 is 16.4 Å². The third-order valence-corrected chi connectivity index (χ3v) is 4.98. The van der Waals surface area contributed by atoms with Crippen molar-refractivity contribution in [1.82, 2.24) is 5.32 Å². The number of halogens is 2. The van der Waals surface area contributed by atoms with E-state index in [1.165, 1.54) is 6.42 Å². The molecule has 4 N–H and O–H groups in total. The summed E-state index contributed by atoms with van der Waals surface area (Å²) in [7, 11) is 0. The predicted octanol–water partition coefficient (Wildman–Crippen LogP) is 3.25. The van der Waals surface area contributed by atoms with Gasteiger partial charge in [0, 0.05) is 11.7 Å². The van der Waals surface area contributed by atoms with Crippen LogP contribution in [0.5, 0.6) is 0 Å². The summed E-state index contributed by atoms with van der Waals surface area (Å²) in [5, 5.41) is 6.19. The molecule has 132 valence electrons. The third-order valence-electron chi connectivity index (χ3n) is 4.65. The van der Waals surface area contributed by atoms with Crippen LogP contribution >= 0.6 is 24.0 Å². The Morgan fingerprint density at radius 1 is 1.17 bits per heavy atom. The Bertz CT molecular complexity index is 626. The molecular formula is C17H23Cl2N3O2. The highest BCUT2D eigenvalue weighted by molar-refractivity contribution is 6.34. The molecule has 1 aromatic carbocycles. The molecule has 0 atom stereocenters. The van der Waals surface area contributed by atoms with Crippen LogP contribution in [0.15, 0.2) is 18.2 Å². The lowest BCUT2D eigenvalue weighted by molar-refractivity contribution is -0.118. The molecular weight excluding hydrogens is 349 g/mol. The van der Waals surface area contributed by atoms with Gasteiger partial charge in [-0.05, 0) is 43.9 Å². The number of carbonyl (C=O) groups is 2. The van der Waals surface area contributed by atoms with Crippen molar-refractivity contribution >= 4 is 41.5 Å². The zero-order chi connectivity index (χ0) is 16.4. The third kappa shape index (κ3) is 4.41. The summed E-state index contributed by atoms with van der Waals surface area (Å²) >= 11 is 6.15. The van der Waals surface area contributed by atoms with Crippen molar-refractivity contribution in [3.8, 4) is 0 Å². The molecule has 3 rings (SSSR count). The fourth-order valence-corrected chi connectivity index (χ4v) is 3.11. The Kier molecular flexibility index (Phi) is 6.12. The number of hydrogen-bond donors (Lipinski definition) is 3. The highest BCUT2D eigenvalue weighted by Gasteiger charge is 2.45. The van der Waals surface area contributed by atoms with Crippen molar-refractivity contribution in [3.05, 3.63) is 28.8 Å². The van der Waals surface area contributed by atoms with Crippen LogP contribution in [0.4, 0.5) is 5.69 Å². The molecule has 5 nitrogen and oxygen atoms in total. The van der Waals surface area contributed by atoms with Gasteiger partial charge in [-0.25, -0.2) is 0 Å². The molecule has 0 radical (unpaired) electrons. The standard InChI is InChI=1S/C17H22ClN3O2.ClH/c18-14-7-6-12(21-16(23)17(19)8-9-17)10-13(14)15(22)20-11-4-2-1-3-5-11;/h6-7,10-11H,1-5,8-9,19H2,(H,20,22)(H,21,23);1H. The van der Waals surface area contributed by atoms with E-state index in [0.717, 1.165) is 25.7 Å². The van der Waals surface area contributed by atoms with Gasteiger partial charge in [-0.1, -0.05) is 30.9 Å². The maximum Gasteiger partial charge on any atom is 0.253 e. The SMILES string of the molecule is Cl.NC1(C(=O)Nc2ccc(Cl)c(C(=O)NC3CCCCC3)c2)CC1. The van der Waals surface area contributed by atoms with E-state index in [9.17, 15) is 9.59 Å². The van der Waals surface area contributed by atoms with E-state index in [-0.39, 0.29) is 30.3 Å². The van der Waals surface area contributed by atoms with Crippen LogP contribution in [-0.2, 0) is 4.79 Å². The molecule has 2 fully saturated rings. The smallest absolute Gasteiger partial charge is 0.253 e. The highest BCUT2D eigenvalue weighted by Crippen LogP contribution is 2.33. The fourth-order valence-electron chi connectivity index (χ4n) is 2.90. The Hall–Kier alpha value is -1.30. The first kappa shape index (κ1) is 19.0. The van der Waals surface area contributed by atoms with Gasteiger partial charge < -0.3 is 16.4 Å². The van der Waals surface area contributed by atoms with E-state index >= 15 is 0 Å². The molecule has 2 saturated carbocycles. The quantitative estimate of drug-likeness (QED) is 0.759. The molecule has 0 spiro atoms. The maximum absolute atomic E-state index is 12.4. The molecule has 0 saturated heterocycles. The van der Waals surface area contributed by atoms with Crippen molar-refractivity contribution in [2.75, 3.05) is 5.32 Å². The monoisotopic (exact) mass is 371 g/mol. The second-order valence-electron chi connectivity index (χ2n) is 6.61. The summed E-state index contributed by atoms with van der Waals surface area (Å²) in [4.78, 5) is 24.5. The summed E-state index contributed by atoms with van der Waals surface area (Å²) in [5.41, 5.74) is 6.06. The zero-order valence-electron chi connectivity index (χ0n) is 13.4. The van der Waals surface area contributed by atoms with Gasteiger partial charge in [0.15, 0.2) is 0 Å². The minimum absolute atomic E-state index is 0. The first-order chi connectivity index (χ1) is 11.0.